The maximum Gasteiger partial charge on any atom is 0.241 e. The topological polar surface area (TPSA) is 104 Å². The molecule has 3 aromatic rings. The Balaban J connectivity index is 1.60. The molecule has 0 spiro atoms. The highest BCUT2D eigenvalue weighted by Crippen LogP contribution is 2.47. The first kappa shape index (κ1) is 21.6. The largest absolute Gasteiger partial charge is 0.493 e. The van der Waals surface area contributed by atoms with Crippen molar-refractivity contribution in [2.75, 3.05) is 25.3 Å². The second kappa shape index (κ2) is 8.28. The number of aromatic nitrogens is 3. The van der Waals surface area contributed by atoms with Crippen molar-refractivity contribution >= 4 is 40.9 Å². The minimum atomic E-state index is -0.578. The van der Waals surface area contributed by atoms with E-state index in [2.05, 4.69) is 15.4 Å². The molecular weight excluding hydrogens is 465 g/mol. The van der Waals surface area contributed by atoms with Crippen LogP contribution in [0.15, 0.2) is 47.7 Å². The molecule has 1 aliphatic carbocycles. The van der Waals surface area contributed by atoms with Gasteiger partial charge in [0.25, 0.3) is 0 Å². The molecule has 2 aliphatic rings. The minimum absolute atomic E-state index is 0.00991. The number of rotatable bonds is 4. The molecular formula is C23H21Cl2N5O3. The zero-order valence-corrected chi connectivity index (χ0v) is 19.4. The number of nitrogens with two attached hydrogens (primary N) is 1. The van der Waals surface area contributed by atoms with Gasteiger partial charge in [-0.1, -0.05) is 41.4 Å². The van der Waals surface area contributed by atoms with Gasteiger partial charge in [-0.25, -0.2) is 4.68 Å². The van der Waals surface area contributed by atoms with Crippen LogP contribution in [0, 0.1) is 0 Å². The van der Waals surface area contributed by atoms with E-state index >= 15 is 0 Å². The van der Waals surface area contributed by atoms with Crippen molar-refractivity contribution in [1.82, 2.24) is 14.8 Å². The number of hydrogen-bond donors (Lipinski definition) is 2. The number of carbonyl (C=O) groups excluding carboxylic acids is 1. The number of nitrogens with zero attached hydrogens (tertiary/aromatic N) is 3. The molecule has 0 fully saturated rings. The van der Waals surface area contributed by atoms with E-state index in [-0.39, 0.29) is 17.6 Å². The van der Waals surface area contributed by atoms with Crippen molar-refractivity contribution < 1.29 is 14.3 Å². The van der Waals surface area contributed by atoms with E-state index in [1.54, 1.807) is 31.0 Å². The van der Waals surface area contributed by atoms with Gasteiger partial charge in [0.1, 0.15) is 6.04 Å². The summed E-state index contributed by atoms with van der Waals surface area (Å²) in [4.78, 5) is 17.9. The highest BCUT2D eigenvalue weighted by Gasteiger charge is 2.40. The van der Waals surface area contributed by atoms with E-state index in [0.717, 1.165) is 11.3 Å². The first-order chi connectivity index (χ1) is 15.9. The number of anilines is 2. The molecule has 0 unspecified atom stereocenters. The third-order valence-corrected chi connectivity index (χ3v) is 6.92. The maximum absolute atomic E-state index is 13.6. The highest BCUT2D eigenvalue weighted by atomic mass is 35.5. The van der Waals surface area contributed by atoms with Crippen LogP contribution in [0.2, 0.25) is 10.0 Å². The lowest BCUT2D eigenvalue weighted by Gasteiger charge is -2.35. The van der Waals surface area contributed by atoms with E-state index in [1.807, 2.05) is 24.3 Å². The number of nitrogen functional groups attached to an aromatic ring is 1. The van der Waals surface area contributed by atoms with E-state index in [9.17, 15) is 4.79 Å². The fourth-order valence-electron chi connectivity index (χ4n) is 4.59. The van der Waals surface area contributed by atoms with Crippen LogP contribution in [0.4, 0.5) is 11.9 Å². The number of nitrogens with one attached hydrogen (secondary N) is 1. The number of allylic oxidation sites excluding steroid dienone is 2. The molecule has 33 heavy (non-hydrogen) atoms. The number of halogens is 2. The van der Waals surface area contributed by atoms with Crippen LogP contribution in [0.1, 0.15) is 35.9 Å². The molecule has 10 heteroatoms. The average Bonchev–Trinajstić information content (AvgIpc) is 3.18. The fourth-order valence-corrected chi connectivity index (χ4v) is 5.00. The van der Waals surface area contributed by atoms with Crippen LogP contribution in [-0.2, 0) is 4.79 Å². The second-order valence-corrected chi connectivity index (χ2v) is 8.73. The predicted molar refractivity (Wildman–Crippen MR) is 126 cm³/mol. The number of benzene rings is 2. The Kier molecular flexibility index (Phi) is 5.42. The molecule has 2 atom stereocenters. The van der Waals surface area contributed by atoms with Gasteiger partial charge in [0.15, 0.2) is 17.3 Å². The fraction of sp³-hybridized carbons (Fsp3) is 0.261. The lowest BCUT2D eigenvalue weighted by atomic mass is 9.78. The second-order valence-electron chi connectivity index (χ2n) is 7.94. The summed E-state index contributed by atoms with van der Waals surface area (Å²) in [6.45, 7) is 0. The van der Waals surface area contributed by atoms with Crippen molar-refractivity contribution in [3.8, 4) is 11.5 Å². The van der Waals surface area contributed by atoms with Gasteiger partial charge in [-0.05, 0) is 36.1 Å². The highest BCUT2D eigenvalue weighted by molar-refractivity contribution is 6.42. The first-order valence-corrected chi connectivity index (χ1v) is 11.1. The van der Waals surface area contributed by atoms with Gasteiger partial charge in [-0.15, -0.1) is 5.10 Å². The molecule has 0 bridgehead atoms. The molecule has 0 saturated heterocycles. The summed E-state index contributed by atoms with van der Waals surface area (Å²) in [5.74, 6) is 1.75. The molecule has 5 rings (SSSR count). The van der Waals surface area contributed by atoms with Crippen molar-refractivity contribution in [2.45, 2.75) is 24.8 Å². The molecule has 1 aromatic heterocycles. The Hall–Kier alpha value is -3.23. The summed E-state index contributed by atoms with van der Waals surface area (Å²) in [5, 5.41) is 8.36. The maximum atomic E-state index is 13.6. The van der Waals surface area contributed by atoms with E-state index in [0.29, 0.717) is 51.5 Å². The molecule has 0 amide bonds. The Bertz CT molecular complexity index is 1300. The van der Waals surface area contributed by atoms with E-state index < -0.39 is 6.04 Å². The Morgan fingerprint density at radius 1 is 1.12 bits per heavy atom. The SMILES string of the molecule is COc1ccc([C@H]2CC(=O)C3=C(C2)Nc2nc(N)nn2[C@H]3c2cccc(Cl)c2Cl)cc1OC. The van der Waals surface area contributed by atoms with Crippen LogP contribution in [0.25, 0.3) is 0 Å². The molecule has 3 N–H and O–H groups in total. The molecule has 2 aromatic carbocycles. The summed E-state index contributed by atoms with van der Waals surface area (Å²) < 4.78 is 12.4. The standard InChI is InChI=1S/C23H21Cl2N5O3/c1-32-17-7-6-11(10-18(17)33-2)12-8-15-19(16(31)9-12)21(13-4-3-5-14(24)20(13)25)30-23(27-15)28-22(26)29-30/h3-7,10,12,21H,8-9H2,1-2H3,(H3,26,27,28,29)/t12-,21+/m1/s1. The Labute approximate surface area is 200 Å². The molecule has 8 nitrogen and oxygen atoms in total. The smallest absolute Gasteiger partial charge is 0.241 e. The molecule has 170 valence electrons. The normalized spacial score (nSPS) is 19.6. The third-order valence-electron chi connectivity index (χ3n) is 6.09. The van der Waals surface area contributed by atoms with Crippen molar-refractivity contribution in [2.24, 2.45) is 0 Å². The summed E-state index contributed by atoms with van der Waals surface area (Å²) in [6.07, 6.45) is 0.919. The van der Waals surface area contributed by atoms with Gasteiger partial charge in [-0.3, -0.25) is 4.79 Å². The molecule has 2 heterocycles. The van der Waals surface area contributed by atoms with E-state index in [1.165, 1.54) is 0 Å². The van der Waals surface area contributed by atoms with Crippen molar-refractivity contribution in [3.63, 3.8) is 0 Å². The zero-order chi connectivity index (χ0) is 23.3. The van der Waals surface area contributed by atoms with Crippen LogP contribution in [0.3, 0.4) is 0 Å². The lowest BCUT2D eigenvalue weighted by molar-refractivity contribution is -0.116. The Morgan fingerprint density at radius 2 is 1.91 bits per heavy atom. The van der Waals surface area contributed by atoms with Crippen LogP contribution >= 0.6 is 23.2 Å². The Morgan fingerprint density at radius 3 is 2.67 bits per heavy atom. The number of Topliss-reactive ketones (excluding diaryl/α,β-unsaturated/α-hetero) is 1. The van der Waals surface area contributed by atoms with Crippen molar-refractivity contribution in [1.29, 1.82) is 0 Å². The van der Waals surface area contributed by atoms with Gasteiger partial charge in [-0.2, -0.15) is 4.98 Å². The number of ether oxygens (including phenoxy) is 2. The van der Waals surface area contributed by atoms with E-state index in [4.69, 9.17) is 38.4 Å². The third kappa shape index (κ3) is 3.59. The number of fused-ring (bicyclic) bond motifs is 1. The number of methoxy groups -OCH3 is 2. The number of ketones is 1. The zero-order valence-electron chi connectivity index (χ0n) is 17.9. The number of hydrogen-bond acceptors (Lipinski definition) is 7. The minimum Gasteiger partial charge on any atom is -0.493 e. The summed E-state index contributed by atoms with van der Waals surface area (Å²) >= 11 is 12.9. The molecule has 0 radical (unpaired) electrons. The predicted octanol–water partition coefficient (Wildman–Crippen LogP) is 4.60. The van der Waals surface area contributed by atoms with Crippen LogP contribution in [0.5, 0.6) is 11.5 Å². The quantitative estimate of drug-likeness (QED) is 0.556. The lowest BCUT2D eigenvalue weighted by Crippen LogP contribution is -2.33. The molecule has 1 aliphatic heterocycles. The van der Waals surface area contributed by atoms with Gasteiger partial charge < -0.3 is 20.5 Å². The summed E-state index contributed by atoms with van der Waals surface area (Å²) in [7, 11) is 3.18. The van der Waals surface area contributed by atoms with Crippen LogP contribution < -0.4 is 20.5 Å². The van der Waals surface area contributed by atoms with Gasteiger partial charge in [0.2, 0.25) is 11.9 Å². The number of carbonyl (C=O) groups is 1. The van der Waals surface area contributed by atoms with Gasteiger partial charge in [0, 0.05) is 23.3 Å². The van der Waals surface area contributed by atoms with Crippen molar-refractivity contribution in [3.05, 3.63) is 68.8 Å². The molecule has 0 saturated carbocycles. The van der Waals surface area contributed by atoms with Gasteiger partial charge in [0.05, 0.1) is 24.3 Å². The van der Waals surface area contributed by atoms with Crippen LogP contribution in [-0.4, -0.2) is 34.8 Å². The monoisotopic (exact) mass is 485 g/mol. The summed E-state index contributed by atoms with van der Waals surface area (Å²) in [5.41, 5.74) is 8.91. The van der Waals surface area contributed by atoms with Gasteiger partial charge >= 0.3 is 0 Å². The first-order valence-electron chi connectivity index (χ1n) is 10.3. The summed E-state index contributed by atoms with van der Waals surface area (Å²) in [6, 6.07) is 10.5. The average molecular weight is 486 g/mol.